The smallest absolute Gasteiger partial charge is 0.416 e. The van der Waals surface area contributed by atoms with Crippen LogP contribution in [0.25, 0.3) is 5.76 Å². The third kappa shape index (κ3) is 5.28. The van der Waals surface area contributed by atoms with Gasteiger partial charge in [0.2, 0.25) is 0 Å². The summed E-state index contributed by atoms with van der Waals surface area (Å²) in [6.45, 7) is 5.93. The Kier molecular flexibility index (Phi) is 7.45. The van der Waals surface area contributed by atoms with E-state index in [0.717, 1.165) is 40.4 Å². The maximum atomic E-state index is 13.5. The minimum Gasteiger partial charge on any atom is -0.507 e. The predicted molar refractivity (Wildman–Crippen MR) is 149 cm³/mol. The molecule has 1 saturated heterocycles. The summed E-state index contributed by atoms with van der Waals surface area (Å²) in [5.74, 6) is -1.67. The van der Waals surface area contributed by atoms with E-state index in [4.69, 9.17) is 4.74 Å². The Bertz CT molecular complexity index is 1470. The zero-order valence-electron chi connectivity index (χ0n) is 23.1. The van der Waals surface area contributed by atoms with Gasteiger partial charge in [-0.1, -0.05) is 32.9 Å². The molecule has 3 aromatic carbocycles. The van der Waals surface area contributed by atoms with Gasteiger partial charge in [-0.05, 0) is 65.6 Å². The fraction of sp³-hybridized carbons (Fsp3) is 0.290. The van der Waals surface area contributed by atoms with E-state index in [-0.39, 0.29) is 22.4 Å². The Morgan fingerprint density at radius 3 is 2.02 bits per heavy atom. The van der Waals surface area contributed by atoms with Crippen molar-refractivity contribution in [2.45, 2.75) is 38.4 Å². The maximum absolute atomic E-state index is 13.5. The second kappa shape index (κ2) is 10.4. The first kappa shape index (κ1) is 28.7. The number of nitrogens with zero attached hydrogens (tertiary/aromatic N) is 2. The summed E-state index contributed by atoms with van der Waals surface area (Å²) < 4.78 is 45.1. The summed E-state index contributed by atoms with van der Waals surface area (Å²) in [6, 6.07) is 15.0. The van der Waals surface area contributed by atoms with Crippen molar-refractivity contribution in [2.24, 2.45) is 0 Å². The number of benzene rings is 3. The molecule has 1 amide bonds. The lowest BCUT2D eigenvalue weighted by Gasteiger charge is -2.26. The second-order valence-electron chi connectivity index (χ2n) is 10.9. The molecule has 210 valence electrons. The highest BCUT2D eigenvalue weighted by molar-refractivity contribution is 6.51. The van der Waals surface area contributed by atoms with Gasteiger partial charge < -0.3 is 14.7 Å². The van der Waals surface area contributed by atoms with Crippen molar-refractivity contribution in [3.8, 4) is 5.75 Å². The van der Waals surface area contributed by atoms with Crippen molar-refractivity contribution in [2.75, 3.05) is 31.0 Å². The number of amides is 1. The molecule has 1 fully saturated rings. The fourth-order valence-electron chi connectivity index (χ4n) is 4.78. The molecule has 40 heavy (non-hydrogen) atoms. The van der Waals surface area contributed by atoms with Crippen LogP contribution in [0.3, 0.4) is 0 Å². The number of aliphatic hydroxyl groups is 1. The molecular formula is C31H31F3N2O4. The average Bonchev–Trinajstić information content (AvgIpc) is 3.17. The van der Waals surface area contributed by atoms with E-state index in [1.165, 1.54) is 7.11 Å². The van der Waals surface area contributed by atoms with Crippen LogP contribution in [0.4, 0.5) is 24.5 Å². The Hall–Kier alpha value is -4.27. The first-order valence-electron chi connectivity index (χ1n) is 12.6. The topological polar surface area (TPSA) is 70.1 Å². The minimum absolute atomic E-state index is 0.0981. The van der Waals surface area contributed by atoms with E-state index in [1.54, 1.807) is 42.5 Å². The monoisotopic (exact) mass is 552 g/mol. The van der Waals surface area contributed by atoms with Crippen molar-refractivity contribution in [3.63, 3.8) is 0 Å². The number of hydrogen-bond acceptors (Lipinski definition) is 5. The van der Waals surface area contributed by atoms with Crippen LogP contribution in [-0.4, -0.2) is 38.0 Å². The van der Waals surface area contributed by atoms with Crippen LogP contribution in [0.1, 0.15) is 49.1 Å². The van der Waals surface area contributed by atoms with Gasteiger partial charge in [0.15, 0.2) is 0 Å². The molecule has 9 heteroatoms. The lowest BCUT2D eigenvalue weighted by molar-refractivity contribution is -0.137. The molecule has 0 spiro atoms. The molecule has 1 heterocycles. The Morgan fingerprint density at radius 2 is 1.52 bits per heavy atom. The Balaban J connectivity index is 1.93. The summed E-state index contributed by atoms with van der Waals surface area (Å²) >= 11 is 0. The van der Waals surface area contributed by atoms with Crippen molar-refractivity contribution in [3.05, 3.63) is 94.6 Å². The fourth-order valence-corrected chi connectivity index (χ4v) is 4.78. The van der Waals surface area contributed by atoms with Crippen molar-refractivity contribution in [1.29, 1.82) is 0 Å². The van der Waals surface area contributed by atoms with Crippen LogP contribution in [0.2, 0.25) is 0 Å². The summed E-state index contributed by atoms with van der Waals surface area (Å²) in [6.07, 6.45) is -4.56. The highest BCUT2D eigenvalue weighted by Crippen LogP contribution is 2.44. The molecule has 1 aliphatic heterocycles. The molecular weight excluding hydrogens is 521 g/mol. The summed E-state index contributed by atoms with van der Waals surface area (Å²) in [4.78, 5) is 29.9. The Labute approximate surface area is 231 Å². The molecule has 3 aromatic rings. The number of ketones is 1. The SMILES string of the molecule is COc1ccc(/C(O)=C2/C(=O)C(=O)N(c3ccc(C(F)(F)F)cc3)C2c2ccc(N(C)C)cc2)cc1C(C)(C)C. The van der Waals surface area contributed by atoms with Crippen LogP contribution >= 0.6 is 0 Å². The van der Waals surface area contributed by atoms with Crippen LogP contribution in [-0.2, 0) is 21.2 Å². The first-order chi connectivity index (χ1) is 18.6. The molecule has 0 bridgehead atoms. The molecule has 1 N–H and O–H groups in total. The van der Waals surface area contributed by atoms with Gasteiger partial charge in [0, 0.05) is 36.6 Å². The van der Waals surface area contributed by atoms with E-state index in [0.29, 0.717) is 16.9 Å². The summed E-state index contributed by atoms with van der Waals surface area (Å²) in [7, 11) is 5.26. The number of carbonyl (C=O) groups is 2. The van der Waals surface area contributed by atoms with Gasteiger partial charge in [-0.25, -0.2) is 0 Å². The Morgan fingerprint density at radius 1 is 0.925 bits per heavy atom. The van der Waals surface area contributed by atoms with Crippen LogP contribution < -0.4 is 14.5 Å². The molecule has 0 saturated carbocycles. The molecule has 0 radical (unpaired) electrons. The number of aliphatic hydroxyl groups excluding tert-OH is 1. The van der Waals surface area contributed by atoms with Crippen molar-refractivity contribution in [1.82, 2.24) is 0 Å². The van der Waals surface area contributed by atoms with E-state index in [9.17, 15) is 27.9 Å². The van der Waals surface area contributed by atoms with Gasteiger partial charge in [-0.2, -0.15) is 13.2 Å². The normalized spacial score (nSPS) is 17.3. The zero-order valence-corrected chi connectivity index (χ0v) is 23.1. The molecule has 0 aliphatic carbocycles. The van der Waals surface area contributed by atoms with E-state index >= 15 is 0 Å². The number of Topliss-reactive ketones (excluding diaryl/α,β-unsaturated/α-hetero) is 1. The van der Waals surface area contributed by atoms with E-state index < -0.39 is 29.5 Å². The quantitative estimate of drug-likeness (QED) is 0.217. The van der Waals surface area contributed by atoms with Gasteiger partial charge in [0.25, 0.3) is 11.7 Å². The number of hydrogen-bond donors (Lipinski definition) is 1. The second-order valence-corrected chi connectivity index (χ2v) is 10.9. The van der Waals surface area contributed by atoms with Gasteiger partial charge in [0.05, 0.1) is 24.3 Å². The first-order valence-corrected chi connectivity index (χ1v) is 12.6. The molecule has 4 rings (SSSR count). The summed E-state index contributed by atoms with van der Waals surface area (Å²) in [5.41, 5.74) is 1.15. The number of methoxy groups -OCH3 is 1. The van der Waals surface area contributed by atoms with Crippen LogP contribution in [0, 0.1) is 0 Å². The number of carbonyl (C=O) groups excluding carboxylic acids is 2. The molecule has 6 nitrogen and oxygen atoms in total. The molecule has 1 unspecified atom stereocenters. The number of anilines is 2. The predicted octanol–water partition coefficient (Wildman–Crippen LogP) is 6.70. The summed E-state index contributed by atoms with van der Waals surface area (Å²) in [5, 5.41) is 11.5. The third-order valence-electron chi connectivity index (χ3n) is 6.92. The largest absolute Gasteiger partial charge is 0.507 e. The van der Waals surface area contributed by atoms with E-state index in [2.05, 4.69) is 0 Å². The minimum atomic E-state index is -4.56. The van der Waals surface area contributed by atoms with Crippen LogP contribution in [0.5, 0.6) is 5.75 Å². The number of ether oxygens (including phenoxy) is 1. The number of alkyl halides is 3. The standard InChI is InChI=1S/C31H31F3N2O4/c1-30(2,3)23-17-19(9-16-24(23)40-6)27(37)25-26(18-7-12-21(13-8-18)35(4)5)36(29(39)28(25)38)22-14-10-20(11-15-22)31(32,33)34/h7-17,26,37H,1-6H3/b27-25-. The van der Waals surface area contributed by atoms with E-state index in [1.807, 2.05) is 39.8 Å². The van der Waals surface area contributed by atoms with Gasteiger partial charge in [-0.3, -0.25) is 14.5 Å². The molecule has 1 aliphatic rings. The molecule has 0 aromatic heterocycles. The molecule has 1 atom stereocenters. The zero-order chi connectivity index (χ0) is 29.6. The lowest BCUT2D eigenvalue weighted by atomic mass is 9.84. The van der Waals surface area contributed by atoms with Gasteiger partial charge >= 0.3 is 6.18 Å². The lowest BCUT2D eigenvalue weighted by Crippen LogP contribution is -2.29. The van der Waals surface area contributed by atoms with Crippen molar-refractivity contribution >= 4 is 28.8 Å². The third-order valence-corrected chi connectivity index (χ3v) is 6.92. The van der Waals surface area contributed by atoms with Crippen LogP contribution in [0.15, 0.2) is 72.3 Å². The highest BCUT2D eigenvalue weighted by atomic mass is 19.4. The van der Waals surface area contributed by atoms with Crippen molar-refractivity contribution < 1.29 is 32.6 Å². The highest BCUT2D eigenvalue weighted by Gasteiger charge is 2.47. The number of halogens is 3. The maximum Gasteiger partial charge on any atom is 0.416 e. The average molecular weight is 553 g/mol. The number of rotatable bonds is 5. The van der Waals surface area contributed by atoms with Gasteiger partial charge in [0.1, 0.15) is 11.5 Å². The van der Waals surface area contributed by atoms with Gasteiger partial charge in [-0.15, -0.1) is 0 Å².